The Morgan fingerprint density at radius 3 is 2.41 bits per heavy atom. The van der Waals surface area contributed by atoms with Crippen LogP contribution in [-0.4, -0.2) is 28.8 Å². The predicted molar refractivity (Wildman–Crippen MR) is 97.4 cm³/mol. The van der Waals surface area contributed by atoms with Gasteiger partial charge in [0, 0.05) is 24.3 Å². The Balaban J connectivity index is 0.00000121. The fourth-order valence-electron chi connectivity index (χ4n) is 3.46. The van der Waals surface area contributed by atoms with Crippen molar-refractivity contribution >= 4 is 24.8 Å². The molecule has 0 saturated carbocycles. The van der Waals surface area contributed by atoms with Gasteiger partial charge in [-0.2, -0.15) is 5.10 Å². The molecule has 5 heteroatoms. The zero-order valence-electron chi connectivity index (χ0n) is 13.9. The lowest BCUT2D eigenvalue weighted by Gasteiger charge is -2.20. The van der Waals surface area contributed by atoms with Crippen molar-refractivity contribution in [1.29, 1.82) is 0 Å². The van der Waals surface area contributed by atoms with Gasteiger partial charge in [0.1, 0.15) is 0 Å². The minimum Gasteiger partial charge on any atom is -0.302 e. The number of nitrogens with zero attached hydrogens (tertiary/aromatic N) is 3. The van der Waals surface area contributed by atoms with Gasteiger partial charge >= 0.3 is 0 Å². The van der Waals surface area contributed by atoms with Gasteiger partial charge in [0.2, 0.25) is 0 Å². The second-order valence-corrected chi connectivity index (χ2v) is 6.10. The molecule has 0 bridgehead atoms. The van der Waals surface area contributed by atoms with Gasteiger partial charge in [0.05, 0.1) is 5.69 Å². The first kappa shape index (κ1) is 19.0. The molecule has 122 valence electrons. The first-order chi connectivity index (χ1) is 9.49. The summed E-state index contributed by atoms with van der Waals surface area (Å²) in [5.41, 5.74) is 7.95. The topological polar surface area (TPSA) is 21.1 Å². The van der Waals surface area contributed by atoms with Crippen molar-refractivity contribution in [3.05, 3.63) is 40.7 Å². The average Bonchev–Trinajstić information content (AvgIpc) is 2.91. The molecule has 1 aliphatic rings. The maximum Gasteiger partial charge on any atom is 0.0674 e. The summed E-state index contributed by atoms with van der Waals surface area (Å²) in [5, 5.41) is 4.54. The van der Waals surface area contributed by atoms with Crippen LogP contribution in [0.5, 0.6) is 0 Å². The standard InChI is InChI=1S/C17H23N3.2ClH/c1-11-17(12(2)20(5)18-11)14-7-6-13-8-9-16(19(3)4)15(13)10-14;;/h6-7,10,16H,8-9H2,1-5H3;2*1H/t16-;;/m1../s1. The summed E-state index contributed by atoms with van der Waals surface area (Å²) < 4.78 is 1.97. The van der Waals surface area contributed by atoms with Crippen LogP contribution in [0.25, 0.3) is 11.1 Å². The lowest BCUT2D eigenvalue weighted by molar-refractivity contribution is 0.299. The van der Waals surface area contributed by atoms with Crippen LogP contribution in [-0.2, 0) is 13.5 Å². The van der Waals surface area contributed by atoms with E-state index in [1.165, 1.54) is 40.8 Å². The summed E-state index contributed by atoms with van der Waals surface area (Å²) in [6.45, 7) is 4.24. The molecule has 0 radical (unpaired) electrons. The van der Waals surface area contributed by atoms with Crippen LogP contribution >= 0.6 is 24.8 Å². The molecule has 0 aliphatic heterocycles. The molecular weight excluding hydrogens is 317 g/mol. The van der Waals surface area contributed by atoms with Crippen LogP contribution in [0.4, 0.5) is 0 Å². The third-order valence-corrected chi connectivity index (χ3v) is 4.61. The molecule has 0 N–H and O–H groups in total. The van der Waals surface area contributed by atoms with E-state index in [4.69, 9.17) is 0 Å². The van der Waals surface area contributed by atoms with Crippen LogP contribution in [0, 0.1) is 13.8 Å². The third-order valence-electron chi connectivity index (χ3n) is 4.61. The van der Waals surface area contributed by atoms with Crippen molar-refractivity contribution in [2.75, 3.05) is 14.1 Å². The van der Waals surface area contributed by atoms with Crippen molar-refractivity contribution < 1.29 is 0 Å². The van der Waals surface area contributed by atoms with E-state index >= 15 is 0 Å². The highest BCUT2D eigenvalue weighted by atomic mass is 35.5. The maximum atomic E-state index is 4.54. The summed E-state index contributed by atoms with van der Waals surface area (Å²) in [5.74, 6) is 0. The lowest BCUT2D eigenvalue weighted by atomic mass is 9.98. The van der Waals surface area contributed by atoms with E-state index in [1.54, 1.807) is 0 Å². The molecule has 1 heterocycles. The van der Waals surface area contributed by atoms with Crippen molar-refractivity contribution in [1.82, 2.24) is 14.7 Å². The van der Waals surface area contributed by atoms with Crippen molar-refractivity contribution in [3.63, 3.8) is 0 Å². The molecule has 3 rings (SSSR count). The quantitative estimate of drug-likeness (QED) is 0.819. The number of aryl methyl sites for hydroxylation is 3. The van der Waals surface area contributed by atoms with Crippen molar-refractivity contribution in [2.24, 2.45) is 7.05 Å². The first-order valence-corrected chi connectivity index (χ1v) is 7.29. The fourth-order valence-corrected chi connectivity index (χ4v) is 3.46. The molecule has 0 fully saturated rings. The van der Waals surface area contributed by atoms with Crippen LogP contribution in [0.3, 0.4) is 0 Å². The minimum absolute atomic E-state index is 0. The van der Waals surface area contributed by atoms with E-state index in [1.807, 2.05) is 11.7 Å². The SMILES string of the molecule is Cc1nn(C)c(C)c1-c1ccc2c(c1)[C@H](N(C)C)CC2.Cl.Cl. The zero-order chi connectivity index (χ0) is 14.4. The van der Waals surface area contributed by atoms with Crippen LogP contribution in [0.2, 0.25) is 0 Å². The van der Waals surface area contributed by atoms with Crippen LogP contribution in [0.1, 0.15) is 35.0 Å². The Labute approximate surface area is 145 Å². The zero-order valence-corrected chi connectivity index (χ0v) is 15.5. The Morgan fingerprint density at radius 1 is 1.18 bits per heavy atom. The fraction of sp³-hybridized carbons (Fsp3) is 0.471. The normalized spacial score (nSPS) is 16.2. The Hall–Kier alpha value is -1.03. The second kappa shape index (κ2) is 7.03. The van der Waals surface area contributed by atoms with Gasteiger partial charge in [-0.15, -0.1) is 24.8 Å². The Kier molecular flexibility index (Phi) is 6.08. The molecule has 1 aliphatic carbocycles. The van der Waals surface area contributed by atoms with E-state index in [9.17, 15) is 0 Å². The van der Waals surface area contributed by atoms with Crippen molar-refractivity contribution in [2.45, 2.75) is 32.7 Å². The molecule has 0 amide bonds. The largest absolute Gasteiger partial charge is 0.302 e. The highest BCUT2D eigenvalue weighted by molar-refractivity contribution is 5.85. The number of hydrogen-bond acceptors (Lipinski definition) is 2. The second-order valence-electron chi connectivity index (χ2n) is 6.10. The third kappa shape index (κ3) is 3.03. The molecule has 0 spiro atoms. The molecule has 1 aromatic carbocycles. The average molecular weight is 342 g/mol. The van der Waals surface area contributed by atoms with Gasteiger partial charge in [-0.1, -0.05) is 12.1 Å². The molecule has 0 saturated heterocycles. The summed E-state index contributed by atoms with van der Waals surface area (Å²) in [4.78, 5) is 2.33. The highest BCUT2D eigenvalue weighted by Crippen LogP contribution is 2.38. The number of halogens is 2. The number of aromatic nitrogens is 2. The molecule has 2 aromatic rings. The highest BCUT2D eigenvalue weighted by Gasteiger charge is 2.25. The van der Waals surface area contributed by atoms with Gasteiger partial charge in [0.25, 0.3) is 0 Å². The predicted octanol–water partition coefficient (Wildman–Crippen LogP) is 4.10. The molecule has 0 unspecified atom stereocenters. The summed E-state index contributed by atoms with van der Waals surface area (Å²) in [6, 6.07) is 7.50. The Bertz CT molecular complexity index is 662. The molecule has 22 heavy (non-hydrogen) atoms. The number of hydrogen-bond donors (Lipinski definition) is 0. The smallest absolute Gasteiger partial charge is 0.0674 e. The van der Waals surface area contributed by atoms with Gasteiger partial charge in [-0.25, -0.2) is 0 Å². The van der Waals surface area contributed by atoms with E-state index in [2.05, 4.69) is 56.1 Å². The number of rotatable bonds is 2. The molecule has 3 nitrogen and oxygen atoms in total. The monoisotopic (exact) mass is 341 g/mol. The summed E-state index contributed by atoms with van der Waals surface area (Å²) >= 11 is 0. The van der Waals surface area contributed by atoms with E-state index in [0.29, 0.717) is 6.04 Å². The van der Waals surface area contributed by atoms with Crippen molar-refractivity contribution in [3.8, 4) is 11.1 Å². The summed E-state index contributed by atoms with van der Waals surface area (Å²) in [7, 11) is 6.36. The molecule has 1 aromatic heterocycles. The summed E-state index contributed by atoms with van der Waals surface area (Å²) in [6.07, 6.45) is 2.43. The number of fused-ring (bicyclic) bond motifs is 1. The van der Waals surface area contributed by atoms with E-state index < -0.39 is 0 Å². The number of benzene rings is 1. The maximum absolute atomic E-state index is 4.54. The lowest BCUT2D eigenvalue weighted by Crippen LogP contribution is -2.17. The van der Waals surface area contributed by atoms with Gasteiger partial charge in [-0.05, 0) is 63.5 Å². The van der Waals surface area contributed by atoms with Gasteiger partial charge in [0.15, 0.2) is 0 Å². The molecule has 1 atom stereocenters. The molecular formula is C17H25Cl2N3. The van der Waals surface area contributed by atoms with E-state index in [0.717, 1.165) is 5.69 Å². The first-order valence-electron chi connectivity index (χ1n) is 7.29. The van der Waals surface area contributed by atoms with E-state index in [-0.39, 0.29) is 24.8 Å². The van der Waals surface area contributed by atoms with Crippen LogP contribution in [0.15, 0.2) is 18.2 Å². The van der Waals surface area contributed by atoms with Gasteiger partial charge < -0.3 is 4.90 Å². The Morgan fingerprint density at radius 2 is 1.86 bits per heavy atom. The van der Waals surface area contributed by atoms with Crippen LogP contribution < -0.4 is 0 Å². The van der Waals surface area contributed by atoms with Gasteiger partial charge in [-0.3, -0.25) is 4.68 Å². The minimum atomic E-state index is 0.